The molecule has 0 radical (unpaired) electrons. The monoisotopic (exact) mass is 357 g/mol. The van der Waals surface area contributed by atoms with E-state index < -0.39 is 0 Å². The highest BCUT2D eigenvalue weighted by atomic mass is 19.1. The number of halogens is 1. The number of ether oxygens (including phenoxy) is 1. The van der Waals surface area contributed by atoms with Crippen LogP contribution in [0.25, 0.3) is 0 Å². The third-order valence-corrected chi connectivity index (χ3v) is 5.24. The van der Waals surface area contributed by atoms with Gasteiger partial charge in [0.05, 0.1) is 31.6 Å². The van der Waals surface area contributed by atoms with E-state index in [1.54, 1.807) is 19.2 Å². The number of methoxy groups -OCH3 is 1. The van der Waals surface area contributed by atoms with E-state index in [2.05, 4.69) is 9.55 Å². The molecule has 1 amide bonds. The van der Waals surface area contributed by atoms with Gasteiger partial charge in [0.15, 0.2) is 0 Å². The lowest BCUT2D eigenvalue weighted by Gasteiger charge is -2.33. The van der Waals surface area contributed by atoms with Gasteiger partial charge in [-0.25, -0.2) is 9.37 Å². The van der Waals surface area contributed by atoms with Crippen LogP contribution in [-0.4, -0.2) is 40.6 Å². The van der Waals surface area contributed by atoms with E-state index in [1.165, 1.54) is 30.7 Å². The Labute approximate surface area is 152 Å². The Bertz CT molecular complexity index is 800. The van der Waals surface area contributed by atoms with Crippen LogP contribution in [0.2, 0.25) is 0 Å². The van der Waals surface area contributed by atoms with Crippen molar-refractivity contribution < 1.29 is 13.9 Å². The van der Waals surface area contributed by atoms with Crippen LogP contribution in [0.1, 0.15) is 35.7 Å². The summed E-state index contributed by atoms with van der Waals surface area (Å²) in [6, 6.07) is 6.24. The summed E-state index contributed by atoms with van der Waals surface area (Å²) < 4.78 is 21.0. The maximum absolute atomic E-state index is 13.4. The summed E-state index contributed by atoms with van der Waals surface area (Å²) in [5.41, 5.74) is 2.88. The van der Waals surface area contributed by atoms with E-state index in [4.69, 9.17) is 4.74 Å². The standard InChI is InChI=1S/C20H24FN3O2/c1-26-12-16-10-23(19(25)8-15-3-2-4-17(21)7-15)11-18-20(16)24(13-22-18)9-14-5-6-14/h2-4,7,13-14,16H,5-6,8-12H2,1H3. The topological polar surface area (TPSA) is 47.4 Å². The molecule has 1 fully saturated rings. The molecule has 1 aliphatic carbocycles. The molecule has 0 bridgehead atoms. The van der Waals surface area contributed by atoms with Crippen LogP contribution in [0, 0.1) is 11.7 Å². The molecule has 1 aliphatic heterocycles. The fourth-order valence-electron chi connectivity index (χ4n) is 3.80. The molecule has 1 unspecified atom stereocenters. The van der Waals surface area contributed by atoms with Crippen LogP contribution in [-0.2, 0) is 29.0 Å². The van der Waals surface area contributed by atoms with Crippen molar-refractivity contribution >= 4 is 5.91 Å². The number of amides is 1. The zero-order valence-corrected chi connectivity index (χ0v) is 15.0. The molecule has 6 heteroatoms. The molecule has 0 saturated heterocycles. The van der Waals surface area contributed by atoms with Crippen molar-refractivity contribution in [1.29, 1.82) is 0 Å². The SMILES string of the molecule is COCC1CN(C(=O)Cc2cccc(F)c2)Cc2ncn(CC3CC3)c21. The first kappa shape index (κ1) is 17.2. The van der Waals surface area contributed by atoms with Crippen molar-refractivity contribution in [3.63, 3.8) is 0 Å². The van der Waals surface area contributed by atoms with Crippen LogP contribution in [0.5, 0.6) is 0 Å². The Hall–Kier alpha value is -2.21. The molecule has 1 atom stereocenters. The summed E-state index contributed by atoms with van der Waals surface area (Å²) >= 11 is 0. The highest BCUT2D eigenvalue weighted by Gasteiger charge is 2.33. The molecule has 1 aromatic heterocycles. The van der Waals surface area contributed by atoms with Gasteiger partial charge in [-0.1, -0.05) is 12.1 Å². The van der Waals surface area contributed by atoms with Crippen molar-refractivity contribution in [3.05, 3.63) is 53.4 Å². The van der Waals surface area contributed by atoms with Crippen molar-refractivity contribution in [2.24, 2.45) is 5.92 Å². The average molecular weight is 357 g/mol. The average Bonchev–Trinajstić information content (AvgIpc) is 3.34. The predicted molar refractivity (Wildman–Crippen MR) is 95.1 cm³/mol. The summed E-state index contributed by atoms with van der Waals surface area (Å²) in [5, 5.41) is 0. The first-order chi connectivity index (χ1) is 12.6. The summed E-state index contributed by atoms with van der Waals surface area (Å²) in [7, 11) is 1.69. The molecular weight excluding hydrogens is 333 g/mol. The lowest BCUT2D eigenvalue weighted by molar-refractivity contribution is -0.132. The number of hydrogen-bond donors (Lipinski definition) is 0. The molecule has 4 rings (SSSR count). The smallest absolute Gasteiger partial charge is 0.227 e. The molecule has 138 valence electrons. The lowest BCUT2D eigenvalue weighted by atomic mass is 9.98. The maximum Gasteiger partial charge on any atom is 0.227 e. The second-order valence-electron chi connectivity index (χ2n) is 7.41. The normalized spacial score (nSPS) is 19.5. The Morgan fingerprint density at radius 3 is 2.96 bits per heavy atom. The number of benzene rings is 1. The molecule has 2 heterocycles. The minimum atomic E-state index is -0.313. The number of carbonyl (C=O) groups is 1. The van der Waals surface area contributed by atoms with Gasteiger partial charge in [0.25, 0.3) is 0 Å². The van der Waals surface area contributed by atoms with Gasteiger partial charge >= 0.3 is 0 Å². The number of nitrogens with zero attached hydrogens (tertiary/aromatic N) is 3. The second-order valence-corrected chi connectivity index (χ2v) is 7.41. The minimum Gasteiger partial charge on any atom is -0.384 e. The summed E-state index contributed by atoms with van der Waals surface area (Å²) in [5.74, 6) is 0.581. The van der Waals surface area contributed by atoms with Gasteiger partial charge < -0.3 is 14.2 Å². The number of hydrogen-bond acceptors (Lipinski definition) is 3. The highest BCUT2D eigenvalue weighted by molar-refractivity contribution is 5.79. The Balaban J connectivity index is 1.52. The number of aromatic nitrogens is 2. The lowest BCUT2D eigenvalue weighted by Crippen LogP contribution is -2.41. The van der Waals surface area contributed by atoms with Crippen molar-refractivity contribution in [2.75, 3.05) is 20.3 Å². The molecule has 1 saturated carbocycles. The quantitative estimate of drug-likeness (QED) is 0.799. The van der Waals surface area contributed by atoms with Crippen LogP contribution in [0.15, 0.2) is 30.6 Å². The van der Waals surface area contributed by atoms with Crippen LogP contribution in [0.3, 0.4) is 0 Å². The highest BCUT2D eigenvalue weighted by Crippen LogP contribution is 2.34. The van der Waals surface area contributed by atoms with E-state index in [0.717, 1.165) is 18.2 Å². The van der Waals surface area contributed by atoms with Gasteiger partial charge in [-0.15, -0.1) is 0 Å². The number of imidazole rings is 1. The molecule has 26 heavy (non-hydrogen) atoms. The molecule has 0 N–H and O–H groups in total. The zero-order valence-electron chi connectivity index (χ0n) is 15.0. The number of fused-ring (bicyclic) bond motifs is 1. The zero-order chi connectivity index (χ0) is 18.1. The molecule has 5 nitrogen and oxygen atoms in total. The largest absolute Gasteiger partial charge is 0.384 e. The van der Waals surface area contributed by atoms with Gasteiger partial charge in [-0.3, -0.25) is 4.79 Å². The van der Waals surface area contributed by atoms with Crippen LogP contribution >= 0.6 is 0 Å². The number of carbonyl (C=O) groups excluding carboxylic acids is 1. The van der Waals surface area contributed by atoms with Crippen molar-refractivity contribution in [2.45, 2.75) is 38.3 Å². The van der Waals surface area contributed by atoms with Crippen molar-refractivity contribution in [1.82, 2.24) is 14.5 Å². The minimum absolute atomic E-state index is 0.000837. The maximum atomic E-state index is 13.4. The first-order valence-electron chi connectivity index (χ1n) is 9.19. The van der Waals surface area contributed by atoms with Gasteiger partial charge in [-0.05, 0) is 36.5 Å². The summed E-state index contributed by atoms with van der Waals surface area (Å²) in [6.07, 6.45) is 4.70. The Morgan fingerprint density at radius 1 is 1.38 bits per heavy atom. The van der Waals surface area contributed by atoms with E-state index in [0.29, 0.717) is 25.3 Å². The first-order valence-corrected chi connectivity index (χ1v) is 9.19. The van der Waals surface area contributed by atoms with Gasteiger partial charge in [0.2, 0.25) is 5.91 Å². The van der Waals surface area contributed by atoms with Gasteiger partial charge in [0.1, 0.15) is 5.82 Å². The third kappa shape index (κ3) is 3.65. The molecule has 2 aromatic rings. The fourth-order valence-corrected chi connectivity index (χ4v) is 3.80. The van der Waals surface area contributed by atoms with E-state index in [1.807, 2.05) is 11.2 Å². The van der Waals surface area contributed by atoms with E-state index >= 15 is 0 Å². The Kier molecular flexibility index (Phi) is 4.76. The van der Waals surface area contributed by atoms with Gasteiger partial charge in [0, 0.05) is 31.8 Å². The van der Waals surface area contributed by atoms with E-state index in [9.17, 15) is 9.18 Å². The fraction of sp³-hybridized carbons (Fsp3) is 0.500. The summed E-state index contributed by atoms with van der Waals surface area (Å²) in [4.78, 5) is 19.2. The van der Waals surface area contributed by atoms with E-state index in [-0.39, 0.29) is 24.1 Å². The van der Waals surface area contributed by atoms with Crippen LogP contribution in [0.4, 0.5) is 4.39 Å². The molecular formula is C20H24FN3O2. The number of rotatable bonds is 6. The third-order valence-electron chi connectivity index (χ3n) is 5.24. The second kappa shape index (κ2) is 7.19. The Morgan fingerprint density at radius 2 is 2.23 bits per heavy atom. The van der Waals surface area contributed by atoms with Crippen molar-refractivity contribution in [3.8, 4) is 0 Å². The predicted octanol–water partition coefficient (Wildman–Crippen LogP) is 2.75. The molecule has 1 aromatic carbocycles. The van der Waals surface area contributed by atoms with Crippen LogP contribution < -0.4 is 0 Å². The van der Waals surface area contributed by atoms with Gasteiger partial charge in [-0.2, -0.15) is 0 Å². The molecule has 2 aliphatic rings. The molecule has 0 spiro atoms. The summed E-state index contributed by atoms with van der Waals surface area (Å²) in [6.45, 7) is 2.71.